The first kappa shape index (κ1) is 16.7. The average Bonchev–Trinajstić information content (AvgIpc) is 2.93. The highest BCUT2D eigenvalue weighted by Crippen LogP contribution is 2.31. The molecule has 4 heteroatoms. The molecule has 0 spiro atoms. The van der Waals surface area contributed by atoms with Gasteiger partial charge in [0.05, 0.1) is 6.04 Å². The molecule has 0 aliphatic heterocycles. The van der Waals surface area contributed by atoms with Gasteiger partial charge in [-0.05, 0) is 50.4 Å². The van der Waals surface area contributed by atoms with Crippen LogP contribution >= 0.6 is 27.3 Å². The SMILES string of the molecule is CC(N)C(c1ccccc1Br)N(C)C(C)Cc1cccs1. The maximum atomic E-state index is 6.29. The van der Waals surface area contributed by atoms with Crippen molar-refractivity contribution in [3.8, 4) is 0 Å². The molecule has 1 heterocycles. The van der Waals surface area contributed by atoms with Crippen LogP contribution in [0.2, 0.25) is 0 Å². The highest BCUT2D eigenvalue weighted by molar-refractivity contribution is 9.10. The number of rotatable bonds is 6. The van der Waals surface area contributed by atoms with Gasteiger partial charge in [-0.2, -0.15) is 0 Å². The molecule has 0 bridgehead atoms. The summed E-state index contributed by atoms with van der Waals surface area (Å²) in [4.78, 5) is 3.81. The molecule has 21 heavy (non-hydrogen) atoms. The lowest BCUT2D eigenvalue weighted by Crippen LogP contribution is -2.42. The molecule has 3 atom stereocenters. The molecule has 0 radical (unpaired) electrons. The van der Waals surface area contributed by atoms with E-state index in [1.54, 1.807) is 0 Å². The summed E-state index contributed by atoms with van der Waals surface area (Å²) < 4.78 is 1.13. The van der Waals surface area contributed by atoms with E-state index in [-0.39, 0.29) is 12.1 Å². The molecule has 2 N–H and O–H groups in total. The number of hydrogen-bond donors (Lipinski definition) is 1. The van der Waals surface area contributed by atoms with Gasteiger partial charge in [-0.25, -0.2) is 0 Å². The molecule has 114 valence electrons. The number of thiophene rings is 1. The number of nitrogens with two attached hydrogens (primary N) is 1. The van der Waals surface area contributed by atoms with E-state index in [4.69, 9.17) is 5.73 Å². The van der Waals surface area contributed by atoms with Crippen molar-refractivity contribution in [2.24, 2.45) is 5.73 Å². The quantitative estimate of drug-likeness (QED) is 0.817. The summed E-state index contributed by atoms with van der Waals surface area (Å²) in [6, 6.07) is 13.4. The van der Waals surface area contributed by atoms with Gasteiger partial charge in [0.15, 0.2) is 0 Å². The zero-order valence-electron chi connectivity index (χ0n) is 12.8. The van der Waals surface area contributed by atoms with E-state index >= 15 is 0 Å². The van der Waals surface area contributed by atoms with E-state index in [1.807, 2.05) is 17.4 Å². The summed E-state index contributed by atoms with van der Waals surface area (Å²) in [6.45, 7) is 4.35. The van der Waals surface area contributed by atoms with Crippen molar-refractivity contribution in [2.75, 3.05) is 7.05 Å². The second-order valence-electron chi connectivity index (χ2n) is 5.62. The van der Waals surface area contributed by atoms with Crippen LogP contribution in [0.25, 0.3) is 0 Å². The van der Waals surface area contributed by atoms with Gasteiger partial charge >= 0.3 is 0 Å². The lowest BCUT2D eigenvalue weighted by Gasteiger charge is -2.36. The number of likely N-dealkylation sites (N-methyl/N-ethyl adjacent to an activating group) is 1. The molecule has 1 aromatic carbocycles. The molecule has 0 aliphatic rings. The summed E-state index contributed by atoms with van der Waals surface area (Å²) in [5, 5.41) is 2.14. The van der Waals surface area contributed by atoms with E-state index in [2.05, 4.69) is 77.4 Å². The Kier molecular flexibility index (Phi) is 5.99. The number of halogens is 1. The maximum absolute atomic E-state index is 6.29. The topological polar surface area (TPSA) is 29.3 Å². The zero-order valence-corrected chi connectivity index (χ0v) is 15.2. The van der Waals surface area contributed by atoms with E-state index < -0.39 is 0 Å². The Morgan fingerprint density at radius 1 is 1.19 bits per heavy atom. The average molecular weight is 367 g/mol. The third kappa shape index (κ3) is 4.16. The van der Waals surface area contributed by atoms with Crippen molar-refractivity contribution in [1.82, 2.24) is 4.90 Å². The first-order chi connectivity index (χ1) is 10.0. The van der Waals surface area contributed by atoms with Crippen LogP contribution in [0.1, 0.15) is 30.3 Å². The molecule has 0 saturated carbocycles. The zero-order chi connectivity index (χ0) is 15.4. The number of nitrogens with zero attached hydrogens (tertiary/aromatic N) is 1. The minimum absolute atomic E-state index is 0.0690. The first-order valence-electron chi connectivity index (χ1n) is 7.25. The van der Waals surface area contributed by atoms with E-state index in [0.717, 1.165) is 10.9 Å². The Morgan fingerprint density at radius 3 is 2.48 bits per heavy atom. The first-order valence-corrected chi connectivity index (χ1v) is 8.92. The van der Waals surface area contributed by atoms with Crippen molar-refractivity contribution in [1.29, 1.82) is 0 Å². The van der Waals surface area contributed by atoms with Crippen LogP contribution in [-0.2, 0) is 6.42 Å². The van der Waals surface area contributed by atoms with E-state index in [1.165, 1.54) is 10.4 Å². The summed E-state index contributed by atoms with van der Waals surface area (Å²) >= 11 is 5.48. The normalized spacial score (nSPS) is 15.9. The second kappa shape index (κ2) is 7.54. The van der Waals surface area contributed by atoms with Gasteiger partial charge in [-0.15, -0.1) is 11.3 Å². The standard InChI is InChI=1S/C17H23BrN2S/c1-12(11-14-7-6-10-21-14)20(3)17(13(2)19)15-8-4-5-9-16(15)18/h4-10,12-13,17H,11,19H2,1-3H3. The van der Waals surface area contributed by atoms with Gasteiger partial charge in [-0.1, -0.05) is 40.2 Å². The Balaban J connectivity index is 2.19. The van der Waals surface area contributed by atoms with Crippen LogP contribution in [0.4, 0.5) is 0 Å². The van der Waals surface area contributed by atoms with Gasteiger partial charge in [0.25, 0.3) is 0 Å². The van der Waals surface area contributed by atoms with Crippen LogP contribution < -0.4 is 5.73 Å². The van der Waals surface area contributed by atoms with Crippen molar-refractivity contribution in [2.45, 2.75) is 38.4 Å². The van der Waals surface area contributed by atoms with Crippen LogP contribution in [0.15, 0.2) is 46.3 Å². The van der Waals surface area contributed by atoms with Gasteiger partial charge in [0, 0.05) is 21.4 Å². The van der Waals surface area contributed by atoms with Crippen LogP contribution in [0, 0.1) is 0 Å². The Labute approximate surface area is 140 Å². The molecule has 0 aliphatic carbocycles. The number of benzene rings is 1. The predicted octanol–water partition coefficient (Wildman–Crippen LogP) is 4.46. The van der Waals surface area contributed by atoms with E-state index in [9.17, 15) is 0 Å². The summed E-state index contributed by atoms with van der Waals surface area (Å²) in [7, 11) is 2.17. The molecule has 2 aromatic rings. The minimum atomic E-state index is 0.0690. The van der Waals surface area contributed by atoms with Crippen LogP contribution in [0.5, 0.6) is 0 Å². The Hall–Kier alpha value is -0.680. The van der Waals surface area contributed by atoms with E-state index in [0.29, 0.717) is 6.04 Å². The second-order valence-corrected chi connectivity index (χ2v) is 7.51. The lowest BCUT2D eigenvalue weighted by molar-refractivity contribution is 0.164. The van der Waals surface area contributed by atoms with Gasteiger partial charge < -0.3 is 5.73 Å². The molecule has 0 amide bonds. The lowest BCUT2D eigenvalue weighted by atomic mass is 9.97. The van der Waals surface area contributed by atoms with Gasteiger partial charge in [0.1, 0.15) is 0 Å². The summed E-state index contributed by atoms with van der Waals surface area (Å²) in [6.07, 6.45) is 1.06. The largest absolute Gasteiger partial charge is 0.326 e. The van der Waals surface area contributed by atoms with Crippen molar-refractivity contribution < 1.29 is 0 Å². The number of hydrogen-bond acceptors (Lipinski definition) is 3. The Morgan fingerprint density at radius 2 is 1.90 bits per heavy atom. The van der Waals surface area contributed by atoms with Crippen LogP contribution in [-0.4, -0.2) is 24.0 Å². The molecule has 1 aromatic heterocycles. The van der Waals surface area contributed by atoms with Crippen molar-refractivity contribution >= 4 is 27.3 Å². The highest BCUT2D eigenvalue weighted by atomic mass is 79.9. The minimum Gasteiger partial charge on any atom is -0.326 e. The fraction of sp³-hybridized carbons (Fsp3) is 0.412. The molecule has 0 fully saturated rings. The monoisotopic (exact) mass is 366 g/mol. The molecule has 2 rings (SSSR count). The summed E-state index contributed by atoms with van der Waals surface area (Å²) in [5.41, 5.74) is 7.55. The fourth-order valence-corrected chi connectivity index (χ4v) is 4.07. The molecular formula is C17H23BrN2S. The van der Waals surface area contributed by atoms with Crippen LogP contribution in [0.3, 0.4) is 0 Å². The fourth-order valence-electron chi connectivity index (χ4n) is 2.73. The Bertz CT molecular complexity index is 554. The third-order valence-corrected chi connectivity index (χ3v) is 5.55. The maximum Gasteiger partial charge on any atom is 0.0507 e. The highest BCUT2D eigenvalue weighted by Gasteiger charge is 2.26. The van der Waals surface area contributed by atoms with Gasteiger partial charge in [-0.3, -0.25) is 4.90 Å². The molecular weight excluding hydrogens is 344 g/mol. The molecule has 0 saturated heterocycles. The third-order valence-electron chi connectivity index (χ3n) is 3.93. The smallest absolute Gasteiger partial charge is 0.0507 e. The summed E-state index contributed by atoms with van der Waals surface area (Å²) in [5.74, 6) is 0. The predicted molar refractivity (Wildman–Crippen MR) is 95.8 cm³/mol. The van der Waals surface area contributed by atoms with Gasteiger partial charge in [0.2, 0.25) is 0 Å². The van der Waals surface area contributed by atoms with Crippen molar-refractivity contribution in [3.63, 3.8) is 0 Å². The molecule has 3 unspecified atom stereocenters. The van der Waals surface area contributed by atoms with Crippen molar-refractivity contribution in [3.05, 3.63) is 56.7 Å². The molecule has 2 nitrogen and oxygen atoms in total.